The number of nitrogens with one attached hydrogen (secondary N) is 1. The number of carbonyl (C=O) groups excluding carboxylic acids is 1. The second-order valence-electron chi connectivity index (χ2n) is 7.04. The van der Waals surface area contributed by atoms with E-state index in [1.165, 1.54) is 0 Å². The quantitative estimate of drug-likeness (QED) is 0.463. The van der Waals surface area contributed by atoms with Crippen molar-refractivity contribution in [2.45, 2.75) is 26.3 Å². The Hall–Kier alpha value is -3.33. The summed E-state index contributed by atoms with van der Waals surface area (Å²) in [5.41, 5.74) is 2.33. The fraction of sp³-hybridized carbons (Fsp3) is 0.190. The van der Waals surface area contributed by atoms with Crippen LogP contribution in [0.3, 0.4) is 0 Å². The molecule has 9 heteroatoms. The molecule has 8 nitrogen and oxygen atoms in total. The van der Waals surface area contributed by atoms with Crippen LogP contribution in [0.5, 0.6) is 0 Å². The fourth-order valence-electron chi connectivity index (χ4n) is 3.12. The van der Waals surface area contributed by atoms with Crippen molar-refractivity contribution in [2.24, 2.45) is 0 Å². The van der Waals surface area contributed by atoms with Gasteiger partial charge in [-0.05, 0) is 35.7 Å². The lowest BCUT2D eigenvalue weighted by Crippen LogP contribution is -2.16. The number of hydrogen-bond donors (Lipinski definition) is 1. The molecule has 1 aromatic carbocycles. The molecule has 0 radical (unpaired) electrons. The number of carbonyl (C=O) groups is 1. The van der Waals surface area contributed by atoms with E-state index in [2.05, 4.69) is 41.4 Å². The second kappa shape index (κ2) is 8.58. The third kappa shape index (κ3) is 4.30. The minimum absolute atomic E-state index is 0.0678. The molecular weight excluding hydrogens is 446 g/mol. The molecule has 3 aromatic heterocycles. The Morgan fingerprint density at radius 2 is 1.93 bits per heavy atom. The molecule has 0 atom stereocenters. The Labute approximate surface area is 182 Å². The lowest BCUT2D eigenvalue weighted by Gasteiger charge is -2.11. The lowest BCUT2D eigenvalue weighted by molar-refractivity contribution is 0.102. The summed E-state index contributed by atoms with van der Waals surface area (Å²) in [5.74, 6) is 0.676. The van der Waals surface area contributed by atoms with Gasteiger partial charge in [0.25, 0.3) is 5.91 Å². The maximum atomic E-state index is 12.9. The summed E-state index contributed by atoms with van der Waals surface area (Å²) in [6, 6.07) is 13.5. The van der Waals surface area contributed by atoms with Gasteiger partial charge < -0.3 is 0 Å². The molecule has 4 rings (SSSR count). The first-order valence-corrected chi connectivity index (χ1v) is 10.2. The first kappa shape index (κ1) is 20.0. The summed E-state index contributed by atoms with van der Waals surface area (Å²) in [5, 5.41) is 11.5. The Morgan fingerprint density at radius 3 is 2.63 bits per heavy atom. The Bertz CT molecular complexity index is 1150. The summed E-state index contributed by atoms with van der Waals surface area (Å²) >= 11 is 3.42. The van der Waals surface area contributed by atoms with E-state index in [9.17, 15) is 4.79 Å². The van der Waals surface area contributed by atoms with Gasteiger partial charge in [-0.15, -0.1) is 5.10 Å². The zero-order chi connectivity index (χ0) is 21.1. The van der Waals surface area contributed by atoms with Gasteiger partial charge in [0, 0.05) is 10.7 Å². The summed E-state index contributed by atoms with van der Waals surface area (Å²) < 4.78 is 4.39. The van der Waals surface area contributed by atoms with Crippen LogP contribution in [0.2, 0.25) is 0 Å². The fourth-order valence-corrected chi connectivity index (χ4v) is 3.39. The maximum absolute atomic E-state index is 12.9. The summed E-state index contributed by atoms with van der Waals surface area (Å²) in [6.07, 6.45) is 4.85. The smallest absolute Gasteiger partial charge is 0.261 e. The number of amides is 1. The Kier molecular flexibility index (Phi) is 5.71. The standard InChI is InChI=1S/C21H20BrN7O/c1-14(2)19-17(11-25-29(19)18-5-3-4-10-23-18)20(30)26-21-24-13-28(27-21)12-15-6-8-16(22)9-7-15/h3-11,13-14H,12H2,1-2H3,(H,26,27,30). The Morgan fingerprint density at radius 1 is 1.13 bits per heavy atom. The van der Waals surface area contributed by atoms with Crippen molar-refractivity contribution >= 4 is 27.8 Å². The van der Waals surface area contributed by atoms with E-state index in [0.29, 0.717) is 17.9 Å². The molecule has 0 saturated heterocycles. The molecule has 1 N–H and O–H groups in total. The average molecular weight is 466 g/mol. The molecule has 0 fully saturated rings. The van der Waals surface area contributed by atoms with Gasteiger partial charge in [-0.3, -0.25) is 10.1 Å². The molecule has 30 heavy (non-hydrogen) atoms. The first-order chi connectivity index (χ1) is 14.5. The topological polar surface area (TPSA) is 90.5 Å². The first-order valence-electron chi connectivity index (χ1n) is 9.46. The number of benzene rings is 1. The van der Waals surface area contributed by atoms with Crippen molar-refractivity contribution in [2.75, 3.05) is 5.32 Å². The van der Waals surface area contributed by atoms with Gasteiger partial charge >= 0.3 is 0 Å². The van der Waals surface area contributed by atoms with Crippen molar-refractivity contribution < 1.29 is 4.79 Å². The summed E-state index contributed by atoms with van der Waals surface area (Å²) in [7, 11) is 0. The molecule has 3 heterocycles. The minimum Gasteiger partial charge on any atom is -0.289 e. The molecule has 0 aliphatic heterocycles. The van der Waals surface area contributed by atoms with E-state index < -0.39 is 0 Å². The SMILES string of the molecule is CC(C)c1c(C(=O)Nc2ncn(Cc3ccc(Br)cc3)n2)cnn1-c1ccccn1. The van der Waals surface area contributed by atoms with Gasteiger partial charge in [-0.1, -0.05) is 48.0 Å². The van der Waals surface area contributed by atoms with Crippen LogP contribution >= 0.6 is 15.9 Å². The van der Waals surface area contributed by atoms with Gasteiger partial charge in [0.15, 0.2) is 5.82 Å². The highest BCUT2D eigenvalue weighted by atomic mass is 79.9. The van der Waals surface area contributed by atoms with E-state index in [4.69, 9.17) is 0 Å². The third-order valence-electron chi connectivity index (χ3n) is 4.48. The number of rotatable bonds is 6. The molecule has 0 spiro atoms. The van der Waals surface area contributed by atoms with Gasteiger partial charge in [0.05, 0.1) is 24.0 Å². The second-order valence-corrected chi connectivity index (χ2v) is 7.96. The van der Waals surface area contributed by atoms with Gasteiger partial charge in [0.2, 0.25) is 5.95 Å². The lowest BCUT2D eigenvalue weighted by atomic mass is 10.1. The highest BCUT2D eigenvalue weighted by Crippen LogP contribution is 2.23. The average Bonchev–Trinajstić information content (AvgIpc) is 3.37. The number of pyridine rings is 1. The van der Waals surface area contributed by atoms with Crippen molar-refractivity contribution in [1.82, 2.24) is 29.5 Å². The largest absolute Gasteiger partial charge is 0.289 e. The van der Waals surface area contributed by atoms with Gasteiger partial charge in [-0.25, -0.2) is 19.3 Å². The number of anilines is 1. The normalized spacial score (nSPS) is 11.1. The minimum atomic E-state index is -0.303. The van der Waals surface area contributed by atoms with E-state index in [1.807, 2.05) is 56.3 Å². The van der Waals surface area contributed by atoms with Crippen molar-refractivity contribution in [1.29, 1.82) is 0 Å². The number of aromatic nitrogens is 6. The van der Waals surface area contributed by atoms with E-state index >= 15 is 0 Å². The molecule has 0 aliphatic carbocycles. The molecule has 4 aromatic rings. The predicted molar refractivity (Wildman–Crippen MR) is 117 cm³/mol. The molecule has 1 amide bonds. The molecular formula is C21H20BrN7O. The van der Waals surface area contributed by atoms with E-state index in [1.54, 1.807) is 28.1 Å². The van der Waals surface area contributed by atoms with Gasteiger partial charge in [0.1, 0.15) is 6.33 Å². The third-order valence-corrected chi connectivity index (χ3v) is 5.01. The van der Waals surface area contributed by atoms with Gasteiger partial charge in [-0.2, -0.15) is 5.10 Å². The zero-order valence-electron chi connectivity index (χ0n) is 16.5. The van der Waals surface area contributed by atoms with Crippen LogP contribution in [0.4, 0.5) is 5.95 Å². The van der Waals surface area contributed by atoms with Crippen LogP contribution in [0, 0.1) is 0 Å². The van der Waals surface area contributed by atoms with Crippen LogP contribution < -0.4 is 5.32 Å². The van der Waals surface area contributed by atoms with Crippen LogP contribution in [-0.4, -0.2) is 35.4 Å². The van der Waals surface area contributed by atoms with Crippen LogP contribution in [0.25, 0.3) is 5.82 Å². The number of halogens is 1. The predicted octanol–water partition coefficient (Wildman–Crippen LogP) is 4.05. The maximum Gasteiger partial charge on any atom is 0.261 e. The Balaban J connectivity index is 1.52. The zero-order valence-corrected chi connectivity index (χ0v) is 18.1. The van der Waals surface area contributed by atoms with Crippen LogP contribution in [0.1, 0.15) is 41.4 Å². The number of hydrogen-bond acceptors (Lipinski definition) is 5. The molecule has 152 valence electrons. The molecule has 0 saturated carbocycles. The van der Waals surface area contributed by atoms with Crippen molar-refractivity contribution in [3.8, 4) is 5.82 Å². The van der Waals surface area contributed by atoms with Crippen molar-refractivity contribution in [3.63, 3.8) is 0 Å². The molecule has 0 bridgehead atoms. The van der Waals surface area contributed by atoms with Crippen LogP contribution in [-0.2, 0) is 6.54 Å². The number of nitrogens with zero attached hydrogens (tertiary/aromatic N) is 6. The highest BCUT2D eigenvalue weighted by molar-refractivity contribution is 9.10. The molecule has 0 unspecified atom stereocenters. The summed E-state index contributed by atoms with van der Waals surface area (Å²) in [6.45, 7) is 4.59. The van der Waals surface area contributed by atoms with E-state index in [-0.39, 0.29) is 17.8 Å². The van der Waals surface area contributed by atoms with E-state index in [0.717, 1.165) is 15.7 Å². The molecule has 0 aliphatic rings. The highest BCUT2D eigenvalue weighted by Gasteiger charge is 2.22. The van der Waals surface area contributed by atoms with Crippen LogP contribution in [0.15, 0.2) is 65.7 Å². The monoisotopic (exact) mass is 465 g/mol. The van der Waals surface area contributed by atoms with Crippen molar-refractivity contribution in [3.05, 3.63) is 82.5 Å². The summed E-state index contributed by atoms with van der Waals surface area (Å²) in [4.78, 5) is 21.5.